The molecule has 0 unspecified atom stereocenters. The van der Waals surface area contributed by atoms with Crippen LogP contribution in [0.1, 0.15) is 16.7 Å². The normalized spacial score (nSPS) is 10.7. The molecule has 144 valence electrons. The van der Waals surface area contributed by atoms with Gasteiger partial charge in [0.05, 0.1) is 5.75 Å². The quantitative estimate of drug-likeness (QED) is 0.464. The molecule has 0 spiro atoms. The molecular formula is C22H24N4OS. The zero-order valence-electron chi connectivity index (χ0n) is 16.4. The highest BCUT2D eigenvalue weighted by Crippen LogP contribution is 2.25. The van der Waals surface area contributed by atoms with Crippen LogP contribution in [0.2, 0.25) is 0 Å². The molecule has 6 heteroatoms. The van der Waals surface area contributed by atoms with Crippen LogP contribution in [0, 0.1) is 20.8 Å². The van der Waals surface area contributed by atoms with Crippen LogP contribution in [0.4, 0.5) is 5.69 Å². The Morgan fingerprint density at radius 1 is 1.14 bits per heavy atom. The van der Waals surface area contributed by atoms with Crippen LogP contribution in [-0.4, -0.2) is 26.4 Å². The van der Waals surface area contributed by atoms with Gasteiger partial charge in [0, 0.05) is 17.8 Å². The fraction of sp³-hybridized carbons (Fsp3) is 0.227. The van der Waals surface area contributed by atoms with Crippen LogP contribution in [0.15, 0.2) is 60.3 Å². The lowest BCUT2D eigenvalue weighted by Crippen LogP contribution is -2.15. The lowest BCUT2D eigenvalue weighted by atomic mass is 10.1. The summed E-state index contributed by atoms with van der Waals surface area (Å²) in [6.45, 7) is 10.5. The number of hydrogen-bond acceptors (Lipinski definition) is 4. The second-order valence-electron chi connectivity index (χ2n) is 6.66. The van der Waals surface area contributed by atoms with Gasteiger partial charge in [0.2, 0.25) is 5.91 Å². The molecule has 0 aliphatic heterocycles. The number of nitrogens with one attached hydrogen (secondary N) is 1. The number of benzene rings is 2. The summed E-state index contributed by atoms with van der Waals surface area (Å²) < 4.78 is 1.98. The van der Waals surface area contributed by atoms with Gasteiger partial charge in [-0.2, -0.15) is 0 Å². The summed E-state index contributed by atoms with van der Waals surface area (Å²) >= 11 is 1.37. The van der Waals surface area contributed by atoms with E-state index < -0.39 is 0 Å². The number of carbonyl (C=O) groups excluding carboxylic acids is 1. The molecule has 1 aromatic heterocycles. The zero-order valence-corrected chi connectivity index (χ0v) is 17.2. The van der Waals surface area contributed by atoms with Crippen LogP contribution in [0.25, 0.3) is 11.4 Å². The molecular weight excluding hydrogens is 368 g/mol. The van der Waals surface area contributed by atoms with E-state index in [0.717, 1.165) is 28.2 Å². The molecule has 0 radical (unpaired) electrons. The molecule has 5 nitrogen and oxygen atoms in total. The van der Waals surface area contributed by atoms with Gasteiger partial charge in [0.25, 0.3) is 0 Å². The lowest BCUT2D eigenvalue weighted by molar-refractivity contribution is -0.113. The van der Waals surface area contributed by atoms with E-state index in [1.54, 1.807) is 6.08 Å². The summed E-state index contributed by atoms with van der Waals surface area (Å²) in [5.41, 5.74) is 5.26. The highest BCUT2D eigenvalue weighted by Gasteiger charge is 2.15. The number of rotatable bonds is 7. The van der Waals surface area contributed by atoms with Crippen LogP contribution in [0.5, 0.6) is 0 Å². The molecule has 0 fully saturated rings. The third-order valence-electron chi connectivity index (χ3n) is 4.55. The van der Waals surface area contributed by atoms with Gasteiger partial charge in [-0.1, -0.05) is 59.8 Å². The number of anilines is 1. The van der Waals surface area contributed by atoms with E-state index in [1.807, 2.05) is 67.8 Å². The van der Waals surface area contributed by atoms with Crippen molar-refractivity contribution >= 4 is 23.4 Å². The maximum Gasteiger partial charge on any atom is 0.234 e. The van der Waals surface area contributed by atoms with Crippen molar-refractivity contribution in [1.82, 2.24) is 14.8 Å². The second kappa shape index (κ2) is 8.89. The first kappa shape index (κ1) is 19.9. The molecule has 0 bridgehead atoms. The Kier molecular flexibility index (Phi) is 6.31. The summed E-state index contributed by atoms with van der Waals surface area (Å²) in [7, 11) is 0. The third-order valence-corrected chi connectivity index (χ3v) is 5.52. The van der Waals surface area contributed by atoms with Crippen molar-refractivity contribution in [3.8, 4) is 11.4 Å². The van der Waals surface area contributed by atoms with Crippen molar-refractivity contribution in [2.75, 3.05) is 11.1 Å². The van der Waals surface area contributed by atoms with Gasteiger partial charge in [-0.25, -0.2) is 0 Å². The minimum atomic E-state index is -0.0660. The Hall–Kier alpha value is -2.86. The van der Waals surface area contributed by atoms with Crippen LogP contribution < -0.4 is 5.32 Å². The predicted octanol–water partition coefficient (Wildman–Crippen LogP) is 4.79. The van der Waals surface area contributed by atoms with E-state index in [-0.39, 0.29) is 11.7 Å². The maximum absolute atomic E-state index is 12.4. The Bertz CT molecular complexity index is 992. The molecule has 3 rings (SSSR count). The zero-order chi connectivity index (χ0) is 20.1. The van der Waals surface area contributed by atoms with Crippen molar-refractivity contribution in [2.45, 2.75) is 32.5 Å². The Morgan fingerprint density at radius 2 is 1.89 bits per heavy atom. The second-order valence-corrected chi connectivity index (χ2v) is 7.60. The van der Waals surface area contributed by atoms with Crippen LogP contribution >= 0.6 is 11.8 Å². The topological polar surface area (TPSA) is 59.8 Å². The fourth-order valence-electron chi connectivity index (χ4n) is 2.81. The first-order valence-electron chi connectivity index (χ1n) is 9.09. The summed E-state index contributed by atoms with van der Waals surface area (Å²) in [4.78, 5) is 12.4. The van der Waals surface area contributed by atoms with Gasteiger partial charge in [-0.15, -0.1) is 16.8 Å². The molecule has 1 N–H and O–H groups in total. The first-order valence-corrected chi connectivity index (χ1v) is 10.1. The Labute approximate surface area is 169 Å². The van der Waals surface area contributed by atoms with Gasteiger partial charge in [0.1, 0.15) is 0 Å². The number of hydrogen-bond donors (Lipinski definition) is 1. The number of amides is 1. The summed E-state index contributed by atoms with van der Waals surface area (Å²) in [6.07, 6.45) is 1.81. The van der Waals surface area contributed by atoms with Crippen molar-refractivity contribution in [2.24, 2.45) is 0 Å². The van der Waals surface area contributed by atoms with E-state index in [1.165, 1.54) is 17.3 Å². The summed E-state index contributed by atoms with van der Waals surface area (Å²) in [6, 6.07) is 14.0. The van der Waals surface area contributed by atoms with E-state index in [9.17, 15) is 4.79 Å². The molecule has 28 heavy (non-hydrogen) atoms. The average molecular weight is 393 g/mol. The van der Waals surface area contributed by atoms with Crippen molar-refractivity contribution in [3.05, 3.63) is 71.8 Å². The highest BCUT2D eigenvalue weighted by atomic mass is 32.2. The molecule has 0 aliphatic rings. The maximum atomic E-state index is 12.4. The number of aromatic nitrogens is 3. The van der Waals surface area contributed by atoms with Gasteiger partial charge in [-0.3, -0.25) is 9.36 Å². The minimum absolute atomic E-state index is 0.0660. The van der Waals surface area contributed by atoms with E-state index in [2.05, 4.69) is 22.1 Å². The third kappa shape index (κ3) is 4.51. The number of thioether (sulfide) groups is 1. The molecule has 1 heterocycles. The predicted molar refractivity (Wildman–Crippen MR) is 116 cm³/mol. The monoisotopic (exact) mass is 392 g/mol. The molecule has 1 amide bonds. The van der Waals surface area contributed by atoms with E-state index in [0.29, 0.717) is 11.7 Å². The molecule has 0 saturated heterocycles. The average Bonchev–Trinajstić information content (AvgIpc) is 3.07. The molecule has 0 aliphatic carbocycles. The van der Waals surface area contributed by atoms with Crippen molar-refractivity contribution in [1.29, 1.82) is 0 Å². The smallest absolute Gasteiger partial charge is 0.234 e. The van der Waals surface area contributed by atoms with Gasteiger partial charge in [0.15, 0.2) is 11.0 Å². The fourth-order valence-corrected chi connectivity index (χ4v) is 3.56. The summed E-state index contributed by atoms with van der Waals surface area (Å²) in [5.74, 6) is 0.970. The largest absolute Gasteiger partial charge is 0.325 e. The van der Waals surface area contributed by atoms with E-state index >= 15 is 0 Å². The highest BCUT2D eigenvalue weighted by molar-refractivity contribution is 7.99. The molecule has 2 aromatic carbocycles. The lowest BCUT2D eigenvalue weighted by Gasteiger charge is -2.11. The standard InChI is InChI=1S/C22H24N4OS/c1-5-13-26-21(18-11-9-15(2)10-12-18)24-25-22(26)28-14-20(27)23-19-8-6-7-16(3)17(19)4/h5-12H,1,13-14H2,2-4H3,(H,23,27). The minimum Gasteiger partial charge on any atom is -0.325 e. The number of nitrogens with zero attached hydrogens (tertiary/aromatic N) is 3. The van der Waals surface area contributed by atoms with Crippen LogP contribution in [0.3, 0.4) is 0 Å². The van der Waals surface area contributed by atoms with Crippen molar-refractivity contribution < 1.29 is 4.79 Å². The number of allylic oxidation sites excluding steroid dienone is 1. The Morgan fingerprint density at radius 3 is 2.61 bits per heavy atom. The Balaban J connectivity index is 1.73. The SMILES string of the molecule is C=CCn1c(SCC(=O)Nc2cccc(C)c2C)nnc1-c1ccc(C)cc1. The van der Waals surface area contributed by atoms with Gasteiger partial charge in [-0.05, 0) is 38.0 Å². The molecule has 0 saturated carbocycles. The first-order chi connectivity index (χ1) is 13.5. The van der Waals surface area contributed by atoms with Gasteiger partial charge >= 0.3 is 0 Å². The number of aryl methyl sites for hydroxylation is 2. The van der Waals surface area contributed by atoms with Gasteiger partial charge < -0.3 is 5.32 Å². The molecule has 3 aromatic rings. The van der Waals surface area contributed by atoms with Crippen LogP contribution in [-0.2, 0) is 11.3 Å². The van der Waals surface area contributed by atoms with E-state index in [4.69, 9.17) is 0 Å². The van der Waals surface area contributed by atoms with Crippen molar-refractivity contribution in [3.63, 3.8) is 0 Å². The summed E-state index contributed by atoms with van der Waals surface area (Å²) in [5, 5.41) is 12.3. The molecule has 0 atom stereocenters. The number of carbonyl (C=O) groups is 1.